The van der Waals surface area contributed by atoms with Crippen LogP contribution in [-0.4, -0.2) is 72.4 Å². The lowest BCUT2D eigenvalue weighted by Crippen LogP contribution is -2.54. The van der Waals surface area contributed by atoms with Crippen LogP contribution in [0.15, 0.2) is 18.2 Å². The van der Waals surface area contributed by atoms with Crippen molar-refractivity contribution in [2.24, 2.45) is 5.92 Å². The minimum atomic E-state index is -0.540. The number of nitriles is 1. The first-order valence-corrected chi connectivity index (χ1v) is 12.5. The molecule has 2 fully saturated rings. The third-order valence-corrected chi connectivity index (χ3v) is 6.76. The molecule has 1 heterocycles. The van der Waals surface area contributed by atoms with Gasteiger partial charge in [0.1, 0.15) is 23.5 Å². The van der Waals surface area contributed by atoms with Gasteiger partial charge in [-0.15, -0.1) is 0 Å². The molecule has 35 heavy (non-hydrogen) atoms. The predicted molar refractivity (Wildman–Crippen MR) is 132 cm³/mol. The zero-order valence-corrected chi connectivity index (χ0v) is 21.9. The molecule has 3 rings (SSSR count). The van der Waals surface area contributed by atoms with Gasteiger partial charge in [0.2, 0.25) is 0 Å². The van der Waals surface area contributed by atoms with Gasteiger partial charge in [-0.25, -0.2) is 9.59 Å². The fraction of sp³-hybridized carbons (Fsp3) is 0.667. The Morgan fingerprint density at radius 2 is 1.86 bits per heavy atom. The van der Waals surface area contributed by atoms with Crippen LogP contribution in [-0.2, 0) is 9.47 Å². The Labute approximate surface area is 209 Å². The van der Waals surface area contributed by atoms with E-state index in [1.165, 1.54) is 7.11 Å². The lowest BCUT2D eigenvalue weighted by Gasteiger charge is -2.46. The van der Waals surface area contributed by atoms with E-state index in [0.29, 0.717) is 23.8 Å². The molecule has 0 unspecified atom stereocenters. The molecule has 0 atom stereocenters. The van der Waals surface area contributed by atoms with Crippen molar-refractivity contribution in [2.75, 3.05) is 26.7 Å². The first kappa shape index (κ1) is 26.8. The Balaban J connectivity index is 1.50. The van der Waals surface area contributed by atoms with E-state index in [1.54, 1.807) is 18.2 Å². The van der Waals surface area contributed by atoms with Crippen LogP contribution in [0.5, 0.6) is 5.75 Å². The number of rotatable bonds is 7. The third kappa shape index (κ3) is 7.11. The van der Waals surface area contributed by atoms with Crippen molar-refractivity contribution in [1.29, 1.82) is 5.26 Å². The summed E-state index contributed by atoms with van der Waals surface area (Å²) in [5.41, 5.74) is 0.0356. The smallest absolute Gasteiger partial charge is 0.410 e. The van der Waals surface area contributed by atoms with E-state index < -0.39 is 11.6 Å². The van der Waals surface area contributed by atoms with Crippen molar-refractivity contribution < 1.29 is 23.8 Å². The van der Waals surface area contributed by atoms with Crippen LogP contribution in [0, 0.1) is 17.2 Å². The number of ether oxygens (including phenoxy) is 3. The molecule has 8 nitrogen and oxygen atoms in total. The SMILES string of the molecule is COC(=O)c1cc(OC2CC(N(CC3CCN(C(=O)OC(C)(C)C)CC3)C(C)C)C2)ccc1C#N. The number of hydrogen-bond donors (Lipinski definition) is 0. The molecular weight excluding hydrogens is 446 g/mol. The summed E-state index contributed by atoms with van der Waals surface area (Å²) >= 11 is 0. The molecule has 1 amide bonds. The Kier molecular flexibility index (Phi) is 8.65. The predicted octanol–water partition coefficient (Wildman–Crippen LogP) is 4.61. The number of esters is 1. The average molecular weight is 486 g/mol. The summed E-state index contributed by atoms with van der Waals surface area (Å²) in [6.07, 6.45) is 3.67. The fourth-order valence-electron chi connectivity index (χ4n) is 4.77. The summed E-state index contributed by atoms with van der Waals surface area (Å²) in [6, 6.07) is 7.81. The first-order chi connectivity index (χ1) is 16.5. The van der Waals surface area contributed by atoms with Crippen molar-refractivity contribution in [3.8, 4) is 11.8 Å². The highest BCUT2D eigenvalue weighted by Crippen LogP contribution is 2.33. The van der Waals surface area contributed by atoms with Crippen LogP contribution in [0.3, 0.4) is 0 Å². The number of benzene rings is 1. The highest BCUT2D eigenvalue weighted by molar-refractivity contribution is 5.92. The van der Waals surface area contributed by atoms with Gasteiger partial charge in [-0.3, -0.25) is 4.90 Å². The van der Waals surface area contributed by atoms with E-state index in [9.17, 15) is 14.9 Å². The van der Waals surface area contributed by atoms with E-state index in [0.717, 1.165) is 45.3 Å². The van der Waals surface area contributed by atoms with Crippen LogP contribution in [0.1, 0.15) is 76.2 Å². The second-order valence-corrected chi connectivity index (χ2v) is 10.9. The molecule has 1 aliphatic heterocycles. The summed E-state index contributed by atoms with van der Waals surface area (Å²) in [4.78, 5) is 28.7. The lowest BCUT2D eigenvalue weighted by atomic mass is 9.85. The van der Waals surface area contributed by atoms with Gasteiger partial charge in [0.15, 0.2) is 0 Å². The second-order valence-electron chi connectivity index (χ2n) is 10.9. The van der Waals surface area contributed by atoms with Crippen molar-refractivity contribution >= 4 is 12.1 Å². The van der Waals surface area contributed by atoms with Gasteiger partial charge in [0.25, 0.3) is 0 Å². The minimum absolute atomic E-state index is 0.0775. The number of likely N-dealkylation sites (tertiary alicyclic amines) is 1. The standard InChI is InChI=1S/C27H39N3O5/c1-18(2)30(17-19-9-11-29(12-10-19)26(32)35-27(3,4)5)21-13-23(14-21)34-22-8-7-20(16-28)24(15-22)25(31)33-6/h7-8,15,18-19,21,23H,9-14,17H2,1-6H3. The highest BCUT2D eigenvalue weighted by atomic mass is 16.6. The van der Waals surface area contributed by atoms with Crippen molar-refractivity contribution in [3.05, 3.63) is 29.3 Å². The van der Waals surface area contributed by atoms with Gasteiger partial charge < -0.3 is 19.1 Å². The molecule has 192 valence electrons. The molecule has 0 radical (unpaired) electrons. The largest absolute Gasteiger partial charge is 0.490 e. The number of methoxy groups -OCH3 is 1. The van der Waals surface area contributed by atoms with Gasteiger partial charge in [0.05, 0.1) is 18.2 Å². The monoisotopic (exact) mass is 485 g/mol. The molecule has 1 saturated heterocycles. The minimum Gasteiger partial charge on any atom is -0.490 e. The zero-order valence-electron chi connectivity index (χ0n) is 21.9. The number of amides is 1. The van der Waals surface area contributed by atoms with Gasteiger partial charge in [-0.05, 0) is 71.6 Å². The summed E-state index contributed by atoms with van der Waals surface area (Å²) in [7, 11) is 1.30. The Morgan fingerprint density at radius 3 is 2.40 bits per heavy atom. The van der Waals surface area contributed by atoms with Crippen LogP contribution >= 0.6 is 0 Å². The average Bonchev–Trinajstić information content (AvgIpc) is 2.78. The van der Waals surface area contributed by atoms with E-state index in [4.69, 9.17) is 14.2 Å². The topological polar surface area (TPSA) is 92.1 Å². The van der Waals surface area contributed by atoms with E-state index in [-0.39, 0.29) is 23.3 Å². The van der Waals surface area contributed by atoms with Gasteiger partial charge >= 0.3 is 12.1 Å². The summed E-state index contributed by atoms with van der Waals surface area (Å²) < 4.78 is 16.4. The van der Waals surface area contributed by atoms with Crippen molar-refractivity contribution in [2.45, 2.75) is 84.1 Å². The van der Waals surface area contributed by atoms with Crippen molar-refractivity contribution in [3.63, 3.8) is 0 Å². The molecule has 0 N–H and O–H groups in total. The maximum Gasteiger partial charge on any atom is 0.410 e. The summed E-state index contributed by atoms with van der Waals surface area (Å²) in [6.45, 7) is 12.6. The lowest BCUT2D eigenvalue weighted by molar-refractivity contribution is -0.0134. The van der Waals surface area contributed by atoms with E-state index in [2.05, 4.69) is 18.7 Å². The van der Waals surface area contributed by atoms with Crippen LogP contribution < -0.4 is 4.74 Å². The molecule has 1 aliphatic carbocycles. The Morgan fingerprint density at radius 1 is 1.20 bits per heavy atom. The third-order valence-electron chi connectivity index (χ3n) is 6.76. The highest BCUT2D eigenvalue weighted by Gasteiger charge is 2.38. The molecule has 0 bridgehead atoms. The molecule has 1 aromatic carbocycles. The molecule has 8 heteroatoms. The normalized spacial score (nSPS) is 20.8. The molecule has 1 saturated carbocycles. The van der Waals surface area contributed by atoms with Gasteiger partial charge in [0, 0.05) is 44.6 Å². The van der Waals surface area contributed by atoms with Crippen LogP contribution in [0.25, 0.3) is 0 Å². The number of hydrogen-bond acceptors (Lipinski definition) is 7. The van der Waals surface area contributed by atoms with Crippen LogP contribution in [0.4, 0.5) is 4.79 Å². The molecule has 0 aromatic heterocycles. The maximum absolute atomic E-state index is 12.3. The summed E-state index contributed by atoms with van der Waals surface area (Å²) in [5, 5.41) is 9.23. The molecule has 2 aliphatic rings. The maximum atomic E-state index is 12.3. The molecular formula is C27H39N3O5. The fourth-order valence-corrected chi connectivity index (χ4v) is 4.77. The Bertz CT molecular complexity index is 935. The number of nitrogens with zero attached hydrogens (tertiary/aromatic N) is 3. The molecule has 0 spiro atoms. The quantitative estimate of drug-likeness (QED) is 0.521. The van der Waals surface area contributed by atoms with Gasteiger partial charge in [-0.2, -0.15) is 5.26 Å². The zero-order chi connectivity index (χ0) is 25.8. The summed E-state index contributed by atoms with van der Waals surface area (Å²) in [5.74, 6) is 0.595. The molecule has 1 aromatic rings. The first-order valence-electron chi connectivity index (χ1n) is 12.5. The number of piperidine rings is 1. The second kappa shape index (κ2) is 11.3. The van der Waals surface area contributed by atoms with E-state index >= 15 is 0 Å². The number of carbonyl (C=O) groups is 2. The Hall–Kier alpha value is -2.79. The van der Waals surface area contributed by atoms with Gasteiger partial charge in [-0.1, -0.05) is 0 Å². The van der Waals surface area contributed by atoms with Crippen LogP contribution in [0.2, 0.25) is 0 Å². The van der Waals surface area contributed by atoms with Crippen molar-refractivity contribution in [1.82, 2.24) is 9.80 Å². The number of carbonyl (C=O) groups excluding carboxylic acids is 2. The van der Waals surface area contributed by atoms with E-state index in [1.807, 2.05) is 31.7 Å².